The van der Waals surface area contributed by atoms with E-state index in [-0.39, 0.29) is 0 Å². The van der Waals surface area contributed by atoms with Gasteiger partial charge in [0.15, 0.2) is 11.5 Å². The largest absolute Gasteiger partial charge is 0.453 e. The fourth-order valence-corrected chi connectivity index (χ4v) is 2.88. The van der Waals surface area contributed by atoms with Crippen molar-refractivity contribution < 1.29 is 19.1 Å². The maximum atomic E-state index is 12.5. The molecule has 1 aliphatic heterocycles. The minimum absolute atomic E-state index is 0.401. The molecule has 1 N–H and O–H groups in total. The topological polar surface area (TPSA) is 64.6 Å². The molecular weight excluding hydrogens is 318 g/mol. The highest BCUT2D eigenvalue weighted by Gasteiger charge is 2.45. The first kappa shape index (κ1) is 17.0. The molecule has 3 rings (SSSR count). The van der Waals surface area contributed by atoms with Gasteiger partial charge in [-0.3, -0.25) is 4.79 Å². The number of amides is 1. The number of nitrogens with one attached hydrogen (secondary N) is 1. The zero-order chi connectivity index (χ0) is 18.4. The van der Waals surface area contributed by atoms with E-state index < -0.39 is 17.6 Å². The molecule has 5 nitrogen and oxygen atoms in total. The summed E-state index contributed by atoms with van der Waals surface area (Å²) in [7, 11) is 0. The molecule has 0 aliphatic carbocycles. The summed E-state index contributed by atoms with van der Waals surface area (Å²) in [5, 5.41) is 2.65. The van der Waals surface area contributed by atoms with Gasteiger partial charge >= 0.3 is 5.97 Å². The number of esters is 1. The van der Waals surface area contributed by atoms with Gasteiger partial charge in [0.2, 0.25) is 0 Å². The van der Waals surface area contributed by atoms with Gasteiger partial charge in [0.05, 0.1) is 0 Å². The highest BCUT2D eigenvalue weighted by molar-refractivity contribution is 5.98. The first-order valence-corrected chi connectivity index (χ1v) is 8.14. The highest BCUT2D eigenvalue weighted by Crippen LogP contribution is 2.43. The van der Waals surface area contributed by atoms with Crippen molar-refractivity contribution in [3.05, 3.63) is 58.1 Å². The third-order valence-electron chi connectivity index (χ3n) is 4.85. The van der Waals surface area contributed by atoms with E-state index in [1.165, 1.54) is 6.92 Å². The van der Waals surface area contributed by atoms with Crippen molar-refractivity contribution in [3.63, 3.8) is 0 Å². The molecule has 0 spiro atoms. The first-order chi connectivity index (χ1) is 11.7. The zero-order valence-electron chi connectivity index (χ0n) is 15.0. The average molecular weight is 339 g/mol. The summed E-state index contributed by atoms with van der Waals surface area (Å²) in [5.41, 5.74) is 2.75. The van der Waals surface area contributed by atoms with Crippen LogP contribution in [0.2, 0.25) is 0 Å². The highest BCUT2D eigenvalue weighted by atomic mass is 16.6. The van der Waals surface area contributed by atoms with Crippen molar-refractivity contribution in [2.45, 2.75) is 40.3 Å². The molecule has 0 bridgehead atoms. The standard InChI is InChI=1S/C20H21NO4/c1-11-12(2)14(4)17-16(13(11)3)24-19(23)20(5,25-17)21-18(22)15-9-7-6-8-10-15/h6-10H,1-5H3,(H,21,22). The summed E-state index contributed by atoms with van der Waals surface area (Å²) < 4.78 is 11.5. The second kappa shape index (κ2) is 5.92. The summed E-state index contributed by atoms with van der Waals surface area (Å²) in [6, 6.07) is 8.67. The molecule has 0 fully saturated rings. The lowest BCUT2D eigenvalue weighted by Gasteiger charge is -2.36. The van der Waals surface area contributed by atoms with Crippen molar-refractivity contribution in [2.75, 3.05) is 0 Å². The number of hydrogen-bond acceptors (Lipinski definition) is 4. The molecule has 2 aromatic carbocycles. The van der Waals surface area contributed by atoms with Crippen LogP contribution in [-0.2, 0) is 4.79 Å². The summed E-state index contributed by atoms with van der Waals surface area (Å²) in [4.78, 5) is 25.0. The van der Waals surface area contributed by atoms with Crippen LogP contribution in [0.25, 0.3) is 0 Å². The molecule has 0 aromatic heterocycles. The Labute approximate surface area is 147 Å². The quantitative estimate of drug-likeness (QED) is 0.673. The van der Waals surface area contributed by atoms with E-state index in [0.29, 0.717) is 17.1 Å². The van der Waals surface area contributed by atoms with Crippen LogP contribution in [0.3, 0.4) is 0 Å². The Kier molecular flexibility index (Phi) is 4.03. The summed E-state index contributed by atoms with van der Waals surface area (Å²) in [6.07, 6.45) is 0. The molecule has 5 heteroatoms. The molecule has 25 heavy (non-hydrogen) atoms. The second-order valence-corrected chi connectivity index (χ2v) is 6.50. The van der Waals surface area contributed by atoms with E-state index in [2.05, 4.69) is 5.32 Å². The molecular formula is C20H21NO4. The Morgan fingerprint density at radius 3 is 2.08 bits per heavy atom. The predicted octanol–water partition coefficient (Wildman–Crippen LogP) is 3.36. The maximum Gasteiger partial charge on any atom is 0.377 e. The SMILES string of the molecule is Cc1c(C)c(C)c2c(c1C)OC(=O)C(C)(NC(=O)c1ccccc1)O2. The van der Waals surface area contributed by atoms with Crippen molar-refractivity contribution >= 4 is 11.9 Å². The zero-order valence-corrected chi connectivity index (χ0v) is 15.0. The van der Waals surface area contributed by atoms with Gasteiger partial charge in [0.1, 0.15) is 0 Å². The minimum atomic E-state index is -1.58. The number of carbonyl (C=O) groups excluding carboxylic acids is 2. The first-order valence-electron chi connectivity index (χ1n) is 8.14. The number of benzene rings is 2. The predicted molar refractivity (Wildman–Crippen MR) is 94.0 cm³/mol. The number of ether oxygens (including phenoxy) is 2. The van der Waals surface area contributed by atoms with Crippen molar-refractivity contribution in [3.8, 4) is 11.5 Å². The molecule has 1 amide bonds. The van der Waals surface area contributed by atoms with Gasteiger partial charge in [-0.2, -0.15) is 0 Å². The van der Waals surface area contributed by atoms with Crippen LogP contribution in [0.5, 0.6) is 11.5 Å². The molecule has 1 aliphatic rings. The second-order valence-electron chi connectivity index (χ2n) is 6.50. The van der Waals surface area contributed by atoms with E-state index in [1.807, 2.05) is 33.8 Å². The Balaban J connectivity index is 1.98. The number of hydrogen-bond donors (Lipinski definition) is 1. The molecule has 130 valence electrons. The van der Waals surface area contributed by atoms with Crippen molar-refractivity contribution in [1.29, 1.82) is 0 Å². The van der Waals surface area contributed by atoms with Crippen LogP contribution in [-0.4, -0.2) is 17.6 Å². The molecule has 0 radical (unpaired) electrons. The lowest BCUT2D eigenvalue weighted by atomic mass is 9.96. The summed E-state index contributed by atoms with van der Waals surface area (Å²) in [6.45, 7) is 9.29. The Bertz CT molecular complexity index is 873. The van der Waals surface area contributed by atoms with Crippen LogP contribution < -0.4 is 14.8 Å². The van der Waals surface area contributed by atoms with Gasteiger partial charge in [-0.15, -0.1) is 0 Å². The normalized spacial score (nSPS) is 18.8. The van der Waals surface area contributed by atoms with Gasteiger partial charge in [-0.1, -0.05) is 18.2 Å². The third-order valence-corrected chi connectivity index (χ3v) is 4.85. The summed E-state index contributed by atoms with van der Waals surface area (Å²) in [5.74, 6) is -0.121. The number of carbonyl (C=O) groups is 2. The molecule has 0 saturated heterocycles. The Morgan fingerprint density at radius 1 is 0.920 bits per heavy atom. The smallest absolute Gasteiger partial charge is 0.377 e. The third kappa shape index (κ3) is 2.76. The van der Waals surface area contributed by atoms with E-state index in [9.17, 15) is 9.59 Å². The van der Waals surface area contributed by atoms with E-state index in [0.717, 1.165) is 22.3 Å². The van der Waals surface area contributed by atoms with Crippen LogP contribution in [0.1, 0.15) is 39.5 Å². The van der Waals surface area contributed by atoms with Gasteiger partial charge in [0, 0.05) is 12.5 Å². The maximum absolute atomic E-state index is 12.5. The van der Waals surface area contributed by atoms with Crippen LogP contribution in [0.15, 0.2) is 30.3 Å². The summed E-state index contributed by atoms with van der Waals surface area (Å²) >= 11 is 0. The lowest BCUT2D eigenvalue weighted by Crippen LogP contribution is -2.60. The monoisotopic (exact) mass is 339 g/mol. The fraction of sp³-hybridized carbons (Fsp3) is 0.300. The minimum Gasteiger partial charge on any atom is -0.453 e. The van der Waals surface area contributed by atoms with E-state index >= 15 is 0 Å². The van der Waals surface area contributed by atoms with Gasteiger partial charge < -0.3 is 14.8 Å². The molecule has 1 heterocycles. The number of fused-ring (bicyclic) bond motifs is 1. The van der Waals surface area contributed by atoms with Gasteiger partial charge in [0.25, 0.3) is 11.6 Å². The molecule has 0 saturated carbocycles. The van der Waals surface area contributed by atoms with E-state index in [4.69, 9.17) is 9.47 Å². The van der Waals surface area contributed by atoms with Crippen molar-refractivity contribution in [1.82, 2.24) is 5.32 Å². The number of rotatable bonds is 2. The van der Waals surface area contributed by atoms with Crippen LogP contribution >= 0.6 is 0 Å². The Morgan fingerprint density at radius 2 is 1.48 bits per heavy atom. The van der Waals surface area contributed by atoms with Gasteiger partial charge in [-0.05, 0) is 62.1 Å². The van der Waals surface area contributed by atoms with Crippen molar-refractivity contribution in [2.24, 2.45) is 0 Å². The molecule has 1 unspecified atom stereocenters. The lowest BCUT2D eigenvalue weighted by molar-refractivity contribution is -0.156. The van der Waals surface area contributed by atoms with Crippen LogP contribution in [0.4, 0.5) is 0 Å². The fourth-order valence-electron chi connectivity index (χ4n) is 2.88. The van der Waals surface area contributed by atoms with Gasteiger partial charge in [-0.25, -0.2) is 4.79 Å². The molecule has 2 aromatic rings. The molecule has 1 atom stereocenters. The average Bonchev–Trinajstić information content (AvgIpc) is 2.60. The van der Waals surface area contributed by atoms with Crippen LogP contribution in [0, 0.1) is 27.7 Å². The van der Waals surface area contributed by atoms with E-state index in [1.54, 1.807) is 24.3 Å². The Hall–Kier alpha value is -2.82.